The van der Waals surface area contributed by atoms with Crippen molar-refractivity contribution in [3.8, 4) is 0 Å². The van der Waals surface area contributed by atoms with Crippen molar-refractivity contribution in [3.63, 3.8) is 0 Å². The van der Waals surface area contributed by atoms with Crippen LogP contribution in [0.1, 0.15) is 38.9 Å². The van der Waals surface area contributed by atoms with Crippen LogP contribution < -0.4 is 5.32 Å². The summed E-state index contributed by atoms with van der Waals surface area (Å²) < 4.78 is 5.45. The Hall–Kier alpha value is -2.81. The van der Waals surface area contributed by atoms with Crippen molar-refractivity contribution in [2.24, 2.45) is 0 Å². The quantitative estimate of drug-likeness (QED) is 0.754. The SMILES string of the molecule is Cc1cc(C(=O)NCC(c2ccccc2)c2ccccc2)c(C)o1. The van der Waals surface area contributed by atoms with Gasteiger partial charge in [0.05, 0.1) is 5.56 Å². The average molecular weight is 319 g/mol. The maximum atomic E-state index is 12.5. The van der Waals surface area contributed by atoms with Crippen LogP contribution in [-0.2, 0) is 0 Å². The van der Waals surface area contributed by atoms with E-state index in [0.717, 1.165) is 5.76 Å². The molecule has 1 amide bonds. The lowest BCUT2D eigenvalue weighted by molar-refractivity contribution is 0.0951. The van der Waals surface area contributed by atoms with Gasteiger partial charge in [-0.15, -0.1) is 0 Å². The zero-order valence-corrected chi connectivity index (χ0v) is 14.0. The fourth-order valence-electron chi connectivity index (χ4n) is 2.95. The van der Waals surface area contributed by atoms with Gasteiger partial charge in [-0.2, -0.15) is 0 Å². The molecule has 0 saturated heterocycles. The zero-order chi connectivity index (χ0) is 16.9. The van der Waals surface area contributed by atoms with Gasteiger partial charge in [0.2, 0.25) is 0 Å². The minimum Gasteiger partial charge on any atom is -0.466 e. The highest BCUT2D eigenvalue weighted by molar-refractivity contribution is 5.95. The van der Waals surface area contributed by atoms with E-state index in [0.29, 0.717) is 17.9 Å². The summed E-state index contributed by atoms with van der Waals surface area (Å²) in [7, 11) is 0. The second kappa shape index (κ2) is 7.18. The first kappa shape index (κ1) is 16.1. The van der Waals surface area contributed by atoms with Crippen molar-refractivity contribution in [2.45, 2.75) is 19.8 Å². The van der Waals surface area contributed by atoms with Crippen LogP contribution in [0.25, 0.3) is 0 Å². The van der Waals surface area contributed by atoms with E-state index in [4.69, 9.17) is 4.42 Å². The summed E-state index contributed by atoms with van der Waals surface area (Å²) in [6, 6.07) is 22.3. The van der Waals surface area contributed by atoms with E-state index >= 15 is 0 Å². The number of carbonyl (C=O) groups is 1. The molecule has 3 aromatic rings. The monoisotopic (exact) mass is 319 g/mol. The van der Waals surface area contributed by atoms with Crippen molar-refractivity contribution in [1.29, 1.82) is 0 Å². The van der Waals surface area contributed by atoms with Crippen LogP contribution in [0.2, 0.25) is 0 Å². The summed E-state index contributed by atoms with van der Waals surface area (Å²) in [5, 5.41) is 3.05. The maximum Gasteiger partial charge on any atom is 0.254 e. The van der Waals surface area contributed by atoms with Gasteiger partial charge in [0.25, 0.3) is 5.91 Å². The van der Waals surface area contributed by atoms with E-state index in [2.05, 4.69) is 29.6 Å². The fraction of sp³-hybridized carbons (Fsp3) is 0.190. The van der Waals surface area contributed by atoms with Crippen LogP contribution in [0.4, 0.5) is 0 Å². The second-order valence-corrected chi connectivity index (χ2v) is 5.91. The molecule has 1 N–H and O–H groups in total. The molecule has 0 aliphatic rings. The maximum absolute atomic E-state index is 12.5. The third kappa shape index (κ3) is 3.57. The lowest BCUT2D eigenvalue weighted by Gasteiger charge is -2.18. The van der Waals surface area contributed by atoms with E-state index in [-0.39, 0.29) is 11.8 Å². The number of nitrogens with one attached hydrogen (secondary N) is 1. The molecule has 1 heterocycles. The average Bonchev–Trinajstić information content (AvgIpc) is 2.95. The molecule has 0 fully saturated rings. The lowest BCUT2D eigenvalue weighted by Crippen LogP contribution is -2.29. The van der Waals surface area contributed by atoms with E-state index in [1.165, 1.54) is 11.1 Å². The molecular weight excluding hydrogens is 298 g/mol. The number of rotatable bonds is 5. The van der Waals surface area contributed by atoms with Crippen LogP contribution in [0, 0.1) is 13.8 Å². The van der Waals surface area contributed by atoms with Gasteiger partial charge in [-0.1, -0.05) is 60.7 Å². The zero-order valence-electron chi connectivity index (χ0n) is 14.0. The predicted molar refractivity (Wildman–Crippen MR) is 95.2 cm³/mol. The first-order chi connectivity index (χ1) is 11.6. The van der Waals surface area contributed by atoms with Gasteiger partial charge >= 0.3 is 0 Å². The number of aryl methyl sites for hydroxylation is 2. The Balaban J connectivity index is 1.80. The van der Waals surface area contributed by atoms with Crippen LogP contribution in [0.15, 0.2) is 71.1 Å². The molecule has 0 spiro atoms. The van der Waals surface area contributed by atoms with Crippen LogP contribution >= 0.6 is 0 Å². The van der Waals surface area contributed by atoms with E-state index in [9.17, 15) is 4.79 Å². The van der Waals surface area contributed by atoms with Gasteiger partial charge in [0.1, 0.15) is 11.5 Å². The van der Waals surface area contributed by atoms with Crippen LogP contribution in [0.3, 0.4) is 0 Å². The van der Waals surface area contributed by atoms with Gasteiger partial charge < -0.3 is 9.73 Å². The minimum atomic E-state index is -0.0961. The Bertz CT molecular complexity index is 767. The highest BCUT2D eigenvalue weighted by Crippen LogP contribution is 2.24. The predicted octanol–water partition coefficient (Wildman–Crippen LogP) is 4.46. The fourth-order valence-corrected chi connectivity index (χ4v) is 2.95. The minimum absolute atomic E-state index is 0.0961. The number of carbonyl (C=O) groups excluding carboxylic acids is 1. The Kier molecular flexibility index (Phi) is 4.80. The van der Waals surface area contributed by atoms with Gasteiger partial charge in [-0.25, -0.2) is 0 Å². The largest absolute Gasteiger partial charge is 0.466 e. The molecule has 3 heteroatoms. The van der Waals surface area contributed by atoms with Gasteiger partial charge in [0, 0.05) is 12.5 Å². The van der Waals surface area contributed by atoms with Crippen LogP contribution in [-0.4, -0.2) is 12.5 Å². The normalized spacial score (nSPS) is 10.8. The Morgan fingerprint density at radius 1 is 0.958 bits per heavy atom. The number of hydrogen-bond acceptors (Lipinski definition) is 2. The first-order valence-electron chi connectivity index (χ1n) is 8.10. The summed E-state index contributed by atoms with van der Waals surface area (Å²) >= 11 is 0. The third-order valence-corrected chi connectivity index (χ3v) is 4.16. The molecule has 0 radical (unpaired) electrons. The third-order valence-electron chi connectivity index (χ3n) is 4.16. The molecule has 122 valence electrons. The Labute approximate surface area is 142 Å². The Morgan fingerprint density at radius 2 is 1.50 bits per heavy atom. The van der Waals surface area contributed by atoms with Crippen molar-refractivity contribution < 1.29 is 9.21 Å². The van der Waals surface area contributed by atoms with Crippen LogP contribution in [0.5, 0.6) is 0 Å². The van der Waals surface area contributed by atoms with Crippen molar-refractivity contribution in [3.05, 3.63) is 94.9 Å². The van der Waals surface area contributed by atoms with E-state index in [1.807, 2.05) is 50.2 Å². The molecule has 0 aliphatic heterocycles. The topological polar surface area (TPSA) is 42.2 Å². The lowest BCUT2D eigenvalue weighted by atomic mass is 9.91. The molecule has 2 aromatic carbocycles. The number of amides is 1. The standard InChI is InChI=1S/C21H21NO2/c1-15-13-19(16(2)24-15)21(23)22-14-20(17-9-5-3-6-10-17)18-11-7-4-8-12-18/h3-13,20H,14H2,1-2H3,(H,22,23). The summed E-state index contributed by atoms with van der Waals surface area (Å²) in [5.74, 6) is 1.42. The number of hydrogen-bond donors (Lipinski definition) is 1. The second-order valence-electron chi connectivity index (χ2n) is 5.91. The molecule has 1 aromatic heterocycles. The highest BCUT2D eigenvalue weighted by Gasteiger charge is 2.18. The Morgan fingerprint density at radius 3 is 1.96 bits per heavy atom. The molecule has 3 rings (SSSR count). The van der Waals surface area contributed by atoms with E-state index in [1.54, 1.807) is 6.07 Å². The van der Waals surface area contributed by atoms with Crippen molar-refractivity contribution >= 4 is 5.91 Å². The molecule has 3 nitrogen and oxygen atoms in total. The molecule has 0 saturated carbocycles. The highest BCUT2D eigenvalue weighted by atomic mass is 16.3. The smallest absolute Gasteiger partial charge is 0.254 e. The molecule has 0 unspecified atom stereocenters. The van der Waals surface area contributed by atoms with E-state index < -0.39 is 0 Å². The van der Waals surface area contributed by atoms with Gasteiger partial charge in [0.15, 0.2) is 0 Å². The summed E-state index contributed by atoms with van der Waals surface area (Å²) in [5.41, 5.74) is 2.97. The molecule has 24 heavy (non-hydrogen) atoms. The first-order valence-corrected chi connectivity index (χ1v) is 8.10. The molecule has 0 atom stereocenters. The summed E-state index contributed by atoms with van der Waals surface area (Å²) in [4.78, 5) is 12.5. The number of furan rings is 1. The number of benzene rings is 2. The molecule has 0 bridgehead atoms. The molecular formula is C21H21NO2. The summed E-state index contributed by atoms with van der Waals surface area (Å²) in [6.45, 7) is 4.20. The van der Waals surface area contributed by atoms with Gasteiger partial charge in [-0.05, 0) is 31.0 Å². The van der Waals surface area contributed by atoms with Gasteiger partial charge in [-0.3, -0.25) is 4.79 Å². The molecule has 0 aliphatic carbocycles. The van der Waals surface area contributed by atoms with Crippen molar-refractivity contribution in [1.82, 2.24) is 5.32 Å². The van der Waals surface area contributed by atoms with Crippen molar-refractivity contribution in [2.75, 3.05) is 6.54 Å². The summed E-state index contributed by atoms with van der Waals surface area (Å²) in [6.07, 6.45) is 0.